The van der Waals surface area contributed by atoms with Gasteiger partial charge in [-0.1, -0.05) is 66.7 Å². The quantitative estimate of drug-likeness (QED) is 0.606. The lowest BCUT2D eigenvalue weighted by Crippen LogP contribution is -2.68. The lowest BCUT2D eigenvalue weighted by atomic mass is 9.85. The van der Waals surface area contributed by atoms with Gasteiger partial charge in [0.15, 0.2) is 0 Å². The summed E-state index contributed by atoms with van der Waals surface area (Å²) in [6.45, 7) is 3.80. The number of rotatable bonds is 6. The van der Waals surface area contributed by atoms with Crippen LogP contribution in [0.15, 0.2) is 83.8 Å². The summed E-state index contributed by atoms with van der Waals surface area (Å²) in [6.07, 6.45) is 0.545. The van der Waals surface area contributed by atoms with Crippen molar-refractivity contribution < 1.29 is 18.0 Å². The monoisotopic (exact) mass is 462 g/mol. The molecular weight excluding hydrogens is 436 g/mol. The minimum Gasteiger partial charge on any atom is -0.328 e. The average molecular weight is 463 g/mol. The molecule has 6 nitrogen and oxygen atoms in total. The van der Waals surface area contributed by atoms with Crippen molar-refractivity contribution >= 4 is 21.8 Å². The fourth-order valence-electron chi connectivity index (χ4n) is 3.98. The second-order valence-corrected chi connectivity index (χ2v) is 10.2. The maximum absolute atomic E-state index is 12.9. The summed E-state index contributed by atoms with van der Waals surface area (Å²) in [5, 5.41) is 0. The molecule has 0 spiro atoms. The normalized spacial score (nSPS) is 17.8. The minimum absolute atomic E-state index is 0.0233. The van der Waals surface area contributed by atoms with Crippen LogP contribution in [0.25, 0.3) is 11.1 Å². The maximum atomic E-state index is 12.9. The Morgan fingerprint density at radius 2 is 1.61 bits per heavy atom. The Bertz CT molecular complexity index is 1290. The Hall–Kier alpha value is -3.45. The molecule has 1 aliphatic heterocycles. The number of carbonyl (C=O) groups is 2. The summed E-state index contributed by atoms with van der Waals surface area (Å²) in [6, 6.07) is 24.0. The van der Waals surface area contributed by atoms with Gasteiger partial charge in [-0.2, -0.15) is 0 Å². The number of benzene rings is 3. The zero-order chi connectivity index (χ0) is 23.6. The SMILES string of the molecule is Cc1cccc(S(=O)(=O)NC(=O)C2(C)CCN2C(=O)Cc2ccc(-c3ccccc3)cc2)c1. The van der Waals surface area contributed by atoms with Crippen LogP contribution in [0.5, 0.6) is 0 Å². The summed E-state index contributed by atoms with van der Waals surface area (Å²) < 4.78 is 27.5. The number of nitrogens with zero attached hydrogens (tertiary/aromatic N) is 1. The van der Waals surface area contributed by atoms with Crippen LogP contribution in [0.1, 0.15) is 24.5 Å². The van der Waals surface area contributed by atoms with Gasteiger partial charge >= 0.3 is 0 Å². The van der Waals surface area contributed by atoms with Crippen LogP contribution in [-0.4, -0.2) is 37.2 Å². The third kappa shape index (κ3) is 4.68. The maximum Gasteiger partial charge on any atom is 0.264 e. The van der Waals surface area contributed by atoms with E-state index in [1.807, 2.05) is 54.6 Å². The molecule has 3 aromatic carbocycles. The summed E-state index contributed by atoms with van der Waals surface area (Å²) in [5.41, 5.74) is 2.56. The van der Waals surface area contributed by atoms with E-state index in [1.165, 1.54) is 17.0 Å². The number of likely N-dealkylation sites (tertiary alicyclic amines) is 1. The molecule has 1 saturated heterocycles. The highest BCUT2D eigenvalue weighted by molar-refractivity contribution is 7.90. The van der Waals surface area contributed by atoms with E-state index < -0.39 is 21.5 Å². The fourth-order valence-corrected chi connectivity index (χ4v) is 5.16. The lowest BCUT2D eigenvalue weighted by Gasteiger charge is -2.49. The van der Waals surface area contributed by atoms with Gasteiger partial charge in [-0.25, -0.2) is 13.1 Å². The molecule has 0 bridgehead atoms. The molecule has 2 amide bonds. The molecule has 3 aromatic rings. The predicted molar refractivity (Wildman–Crippen MR) is 127 cm³/mol. The van der Waals surface area contributed by atoms with Crippen LogP contribution in [0, 0.1) is 6.92 Å². The molecule has 7 heteroatoms. The average Bonchev–Trinajstić information content (AvgIpc) is 2.78. The zero-order valence-electron chi connectivity index (χ0n) is 18.6. The predicted octanol–water partition coefficient (Wildman–Crippen LogP) is 3.70. The highest BCUT2D eigenvalue weighted by atomic mass is 32.2. The second-order valence-electron chi connectivity index (χ2n) is 8.56. The first kappa shape index (κ1) is 22.7. The standard InChI is InChI=1S/C26H26N2O4S/c1-19-7-6-10-23(17-19)33(31,32)27-25(30)26(2)15-16-28(26)24(29)18-20-11-13-22(14-12-20)21-8-4-3-5-9-21/h3-14,17H,15-16,18H2,1-2H3,(H,27,30). The van der Waals surface area contributed by atoms with Gasteiger partial charge in [0.25, 0.3) is 15.9 Å². The third-order valence-corrected chi connectivity index (χ3v) is 7.48. The van der Waals surface area contributed by atoms with Gasteiger partial charge in [0.05, 0.1) is 11.3 Å². The van der Waals surface area contributed by atoms with Crippen LogP contribution in [0.2, 0.25) is 0 Å². The number of carbonyl (C=O) groups excluding carboxylic acids is 2. The molecule has 1 atom stereocenters. The van der Waals surface area contributed by atoms with E-state index in [0.717, 1.165) is 22.3 Å². The molecule has 4 rings (SSSR count). The second kappa shape index (κ2) is 8.83. The first-order chi connectivity index (χ1) is 15.7. The molecule has 1 fully saturated rings. The number of amides is 2. The Labute approximate surface area is 194 Å². The molecule has 1 unspecified atom stereocenters. The Morgan fingerprint density at radius 3 is 2.21 bits per heavy atom. The van der Waals surface area contributed by atoms with Crippen LogP contribution in [0.4, 0.5) is 0 Å². The van der Waals surface area contributed by atoms with Crippen LogP contribution in [0.3, 0.4) is 0 Å². The van der Waals surface area contributed by atoms with Crippen LogP contribution in [-0.2, 0) is 26.0 Å². The van der Waals surface area contributed by atoms with Gasteiger partial charge in [0.2, 0.25) is 5.91 Å². The molecule has 0 aromatic heterocycles. The van der Waals surface area contributed by atoms with Crippen LogP contribution >= 0.6 is 0 Å². The van der Waals surface area contributed by atoms with E-state index in [9.17, 15) is 18.0 Å². The largest absolute Gasteiger partial charge is 0.328 e. The molecular formula is C26H26N2O4S. The summed E-state index contributed by atoms with van der Waals surface area (Å²) in [7, 11) is -4.02. The van der Waals surface area contributed by atoms with Crippen molar-refractivity contribution in [3.05, 3.63) is 90.0 Å². The number of hydrogen-bond donors (Lipinski definition) is 1. The van der Waals surface area contributed by atoms with Crippen molar-refractivity contribution in [3.8, 4) is 11.1 Å². The first-order valence-electron chi connectivity index (χ1n) is 10.8. The number of sulfonamides is 1. The molecule has 33 heavy (non-hydrogen) atoms. The van der Waals surface area contributed by atoms with Crippen molar-refractivity contribution in [2.75, 3.05) is 6.54 Å². The van der Waals surface area contributed by atoms with Crippen molar-refractivity contribution in [3.63, 3.8) is 0 Å². The number of nitrogens with one attached hydrogen (secondary N) is 1. The van der Waals surface area contributed by atoms with E-state index >= 15 is 0 Å². The lowest BCUT2D eigenvalue weighted by molar-refractivity contribution is -0.156. The molecule has 170 valence electrons. The van der Waals surface area contributed by atoms with E-state index in [-0.39, 0.29) is 17.2 Å². The molecule has 0 radical (unpaired) electrons. The molecule has 1 aliphatic rings. The first-order valence-corrected chi connectivity index (χ1v) is 12.3. The smallest absolute Gasteiger partial charge is 0.264 e. The molecule has 0 saturated carbocycles. The highest BCUT2D eigenvalue weighted by Gasteiger charge is 2.50. The van der Waals surface area contributed by atoms with Crippen LogP contribution < -0.4 is 4.72 Å². The van der Waals surface area contributed by atoms with Gasteiger partial charge in [0, 0.05) is 6.54 Å². The topological polar surface area (TPSA) is 83.6 Å². The van der Waals surface area contributed by atoms with Crippen molar-refractivity contribution in [2.24, 2.45) is 0 Å². The van der Waals surface area contributed by atoms with Crippen molar-refractivity contribution in [1.82, 2.24) is 9.62 Å². The van der Waals surface area contributed by atoms with Gasteiger partial charge in [-0.15, -0.1) is 0 Å². The minimum atomic E-state index is -4.02. The van der Waals surface area contributed by atoms with E-state index in [0.29, 0.717) is 13.0 Å². The van der Waals surface area contributed by atoms with Crippen molar-refractivity contribution in [1.29, 1.82) is 0 Å². The third-order valence-electron chi connectivity index (χ3n) is 6.15. The van der Waals surface area contributed by atoms with E-state index in [1.54, 1.807) is 26.0 Å². The number of aryl methyl sites for hydroxylation is 1. The highest BCUT2D eigenvalue weighted by Crippen LogP contribution is 2.32. The Balaban J connectivity index is 1.43. The van der Waals surface area contributed by atoms with Gasteiger partial charge < -0.3 is 4.90 Å². The van der Waals surface area contributed by atoms with Gasteiger partial charge in [0.1, 0.15) is 5.54 Å². The van der Waals surface area contributed by atoms with Crippen molar-refractivity contribution in [2.45, 2.75) is 37.1 Å². The van der Waals surface area contributed by atoms with E-state index in [4.69, 9.17) is 0 Å². The molecule has 1 heterocycles. The summed E-state index contributed by atoms with van der Waals surface area (Å²) in [4.78, 5) is 27.3. The molecule has 0 aliphatic carbocycles. The Morgan fingerprint density at radius 1 is 0.939 bits per heavy atom. The summed E-state index contributed by atoms with van der Waals surface area (Å²) >= 11 is 0. The molecule has 1 N–H and O–H groups in total. The van der Waals surface area contributed by atoms with Gasteiger partial charge in [-0.05, 0) is 54.7 Å². The number of hydrogen-bond acceptors (Lipinski definition) is 4. The zero-order valence-corrected chi connectivity index (χ0v) is 19.4. The summed E-state index contributed by atoms with van der Waals surface area (Å²) in [5.74, 6) is -0.901. The fraction of sp³-hybridized carbons (Fsp3) is 0.231. The van der Waals surface area contributed by atoms with E-state index in [2.05, 4.69) is 4.72 Å². The van der Waals surface area contributed by atoms with Gasteiger partial charge in [-0.3, -0.25) is 9.59 Å². The Kier molecular flexibility index (Phi) is 6.08.